The van der Waals surface area contributed by atoms with Crippen LogP contribution in [0.4, 0.5) is 26.3 Å². The number of rotatable bonds is 8. The maximum Gasteiger partial charge on any atom is 0.417 e. The van der Waals surface area contributed by atoms with Crippen molar-refractivity contribution >= 4 is 12.4 Å². The third kappa shape index (κ3) is 5.98. The van der Waals surface area contributed by atoms with Gasteiger partial charge in [-0.3, -0.25) is 0 Å². The van der Waals surface area contributed by atoms with Crippen molar-refractivity contribution < 1.29 is 35.8 Å². The molecular weight excluding hydrogens is 414 g/mol. The number of hydrogen-bond acceptors (Lipinski definition) is 4. The molecule has 0 saturated carbocycles. The molecule has 0 fully saturated rings. The number of ether oxygens (including phenoxy) is 2. The minimum atomic E-state index is -4.64. The fraction of sp³-hybridized carbons (Fsp3) is 0.300. The van der Waals surface area contributed by atoms with Gasteiger partial charge in [0.1, 0.15) is 11.5 Å². The maximum atomic E-state index is 13.0. The van der Waals surface area contributed by atoms with Gasteiger partial charge in [-0.2, -0.15) is 26.3 Å². The summed E-state index contributed by atoms with van der Waals surface area (Å²) >= 11 is 0. The highest BCUT2D eigenvalue weighted by molar-refractivity contribution is 5.80. The molecule has 0 bridgehead atoms. The molecule has 2 aromatic rings. The summed E-state index contributed by atoms with van der Waals surface area (Å²) < 4.78 is 88.9. The monoisotopic (exact) mass is 432 g/mol. The second-order valence-electron chi connectivity index (χ2n) is 6.35. The van der Waals surface area contributed by atoms with Gasteiger partial charge in [-0.1, -0.05) is 0 Å². The first-order valence-corrected chi connectivity index (χ1v) is 8.68. The van der Waals surface area contributed by atoms with Gasteiger partial charge < -0.3 is 20.3 Å². The van der Waals surface area contributed by atoms with Crippen LogP contribution in [0, 0.1) is 10.8 Å². The van der Waals surface area contributed by atoms with Crippen molar-refractivity contribution in [2.45, 2.75) is 31.8 Å². The van der Waals surface area contributed by atoms with Crippen molar-refractivity contribution in [2.75, 3.05) is 6.61 Å². The average molecular weight is 432 g/mol. The fourth-order valence-electron chi connectivity index (χ4n) is 2.61. The molecule has 30 heavy (non-hydrogen) atoms. The Morgan fingerprint density at radius 3 is 1.77 bits per heavy atom. The van der Waals surface area contributed by atoms with Crippen LogP contribution >= 0.6 is 0 Å². The molecule has 0 aliphatic rings. The molecular formula is C20H18F6N2O2. The topological polar surface area (TPSA) is 66.2 Å². The lowest BCUT2D eigenvalue weighted by atomic mass is 10.1. The number of alkyl halides is 6. The molecule has 0 unspecified atom stereocenters. The zero-order valence-corrected chi connectivity index (χ0v) is 15.7. The quantitative estimate of drug-likeness (QED) is 0.400. The van der Waals surface area contributed by atoms with Gasteiger partial charge in [0.05, 0.1) is 23.8 Å². The third-order valence-electron chi connectivity index (χ3n) is 4.10. The molecule has 2 rings (SSSR count). The van der Waals surface area contributed by atoms with Crippen molar-refractivity contribution in [1.29, 1.82) is 10.8 Å². The average Bonchev–Trinajstić information content (AvgIpc) is 2.66. The van der Waals surface area contributed by atoms with Gasteiger partial charge in [0.2, 0.25) is 0 Å². The Kier molecular flexibility index (Phi) is 7.12. The Morgan fingerprint density at radius 1 is 0.833 bits per heavy atom. The standard InChI is InChI=1S/C20H18F6N2O2/c1-12(30-16-5-3-14(11-28)18(9-16)20(24,25)26)6-7-29-15-4-2-13(10-27)17(8-15)19(21,22)23/h2-5,8-12,27-28H,6-7H2,1H3/t12-/m0/s1. The molecule has 0 aliphatic heterocycles. The Labute approximate surface area is 168 Å². The molecule has 0 saturated heterocycles. The van der Waals surface area contributed by atoms with E-state index >= 15 is 0 Å². The van der Waals surface area contributed by atoms with Gasteiger partial charge in [-0.15, -0.1) is 0 Å². The molecule has 0 aromatic heterocycles. The van der Waals surface area contributed by atoms with Gasteiger partial charge in [-0.05, 0) is 43.3 Å². The molecule has 0 spiro atoms. The summed E-state index contributed by atoms with van der Waals surface area (Å²) in [6.45, 7) is 1.55. The van der Waals surface area contributed by atoms with E-state index in [0.29, 0.717) is 12.4 Å². The lowest BCUT2D eigenvalue weighted by molar-refractivity contribution is -0.138. The largest absolute Gasteiger partial charge is 0.493 e. The van der Waals surface area contributed by atoms with E-state index in [0.717, 1.165) is 24.3 Å². The molecule has 0 heterocycles. The van der Waals surface area contributed by atoms with E-state index in [1.54, 1.807) is 6.92 Å². The van der Waals surface area contributed by atoms with Crippen LogP contribution in [-0.4, -0.2) is 25.1 Å². The predicted molar refractivity (Wildman–Crippen MR) is 98.9 cm³/mol. The summed E-state index contributed by atoms with van der Waals surface area (Å²) in [6, 6.07) is 6.43. The lowest BCUT2D eigenvalue weighted by Gasteiger charge is -2.18. The van der Waals surface area contributed by atoms with Gasteiger partial charge in [0.25, 0.3) is 0 Å². The molecule has 0 amide bonds. The molecule has 162 valence electrons. The minimum Gasteiger partial charge on any atom is -0.493 e. The highest BCUT2D eigenvalue weighted by Gasteiger charge is 2.34. The number of hydrogen-bond donors (Lipinski definition) is 2. The van der Waals surface area contributed by atoms with Crippen LogP contribution in [0.1, 0.15) is 35.6 Å². The summed E-state index contributed by atoms with van der Waals surface area (Å²) in [5.41, 5.74) is -2.57. The van der Waals surface area contributed by atoms with E-state index in [-0.39, 0.29) is 35.7 Å². The second-order valence-corrected chi connectivity index (χ2v) is 6.35. The molecule has 10 heteroatoms. The van der Waals surface area contributed by atoms with E-state index in [9.17, 15) is 26.3 Å². The van der Waals surface area contributed by atoms with E-state index in [2.05, 4.69) is 0 Å². The van der Waals surface area contributed by atoms with Crippen molar-refractivity contribution in [3.8, 4) is 11.5 Å². The van der Waals surface area contributed by atoms with Crippen LogP contribution in [0.2, 0.25) is 0 Å². The summed E-state index contributed by atoms with van der Waals surface area (Å²) in [5, 5.41) is 14.1. The predicted octanol–water partition coefficient (Wildman–Crippen LogP) is 5.96. The first kappa shape index (κ1) is 23.2. The Bertz CT molecular complexity index is 909. The van der Waals surface area contributed by atoms with E-state index in [1.807, 2.05) is 0 Å². The second kappa shape index (κ2) is 9.19. The molecule has 4 nitrogen and oxygen atoms in total. The first-order valence-electron chi connectivity index (χ1n) is 8.68. The third-order valence-corrected chi connectivity index (χ3v) is 4.10. The van der Waals surface area contributed by atoms with Crippen LogP contribution in [0.3, 0.4) is 0 Å². The molecule has 0 aliphatic carbocycles. The fourth-order valence-corrected chi connectivity index (χ4v) is 2.61. The van der Waals surface area contributed by atoms with Crippen LogP contribution in [0.25, 0.3) is 0 Å². The number of benzene rings is 2. The first-order chi connectivity index (χ1) is 14.0. The SMILES string of the molecule is C[C@@H](CCOc1ccc(C=N)c(C(F)(F)F)c1)Oc1ccc(C=N)c(C(F)(F)F)c1. The number of nitrogens with one attached hydrogen (secondary N) is 2. The van der Waals surface area contributed by atoms with E-state index in [1.165, 1.54) is 12.1 Å². The summed E-state index contributed by atoms with van der Waals surface area (Å²) in [7, 11) is 0. The Morgan fingerprint density at radius 2 is 1.30 bits per heavy atom. The Hall–Kier alpha value is -3.04. The zero-order chi connectivity index (χ0) is 22.5. The minimum absolute atomic E-state index is 0.0346. The van der Waals surface area contributed by atoms with Crippen molar-refractivity contribution in [1.82, 2.24) is 0 Å². The molecule has 0 radical (unpaired) electrons. The summed E-state index contributed by atoms with van der Waals surface area (Å²) in [5.74, 6) is -0.0927. The molecule has 2 N–H and O–H groups in total. The summed E-state index contributed by atoms with van der Waals surface area (Å²) in [4.78, 5) is 0. The van der Waals surface area contributed by atoms with Crippen LogP contribution in [0.15, 0.2) is 36.4 Å². The molecule has 1 atom stereocenters. The smallest absolute Gasteiger partial charge is 0.417 e. The van der Waals surface area contributed by atoms with Crippen LogP contribution in [-0.2, 0) is 12.4 Å². The lowest BCUT2D eigenvalue weighted by Crippen LogP contribution is -2.17. The zero-order valence-electron chi connectivity index (χ0n) is 15.7. The van der Waals surface area contributed by atoms with Gasteiger partial charge in [-0.25, -0.2) is 0 Å². The van der Waals surface area contributed by atoms with Crippen molar-refractivity contribution in [2.24, 2.45) is 0 Å². The maximum absolute atomic E-state index is 13.0. The molecule has 2 aromatic carbocycles. The van der Waals surface area contributed by atoms with E-state index in [4.69, 9.17) is 20.3 Å². The van der Waals surface area contributed by atoms with Gasteiger partial charge in [0.15, 0.2) is 0 Å². The van der Waals surface area contributed by atoms with Crippen LogP contribution in [0.5, 0.6) is 11.5 Å². The normalized spacial score (nSPS) is 12.9. The van der Waals surface area contributed by atoms with Crippen LogP contribution < -0.4 is 9.47 Å². The van der Waals surface area contributed by atoms with Gasteiger partial charge >= 0.3 is 12.4 Å². The Balaban J connectivity index is 2.00. The highest BCUT2D eigenvalue weighted by Crippen LogP contribution is 2.35. The van der Waals surface area contributed by atoms with E-state index < -0.39 is 29.6 Å². The number of halogens is 6. The van der Waals surface area contributed by atoms with Crippen molar-refractivity contribution in [3.05, 3.63) is 58.7 Å². The van der Waals surface area contributed by atoms with Crippen molar-refractivity contribution in [3.63, 3.8) is 0 Å². The van der Waals surface area contributed by atoms with Gasteiger partial charge in [0, 0.05) is 30.0 Å². The highest BCUT2D eigenvalue weighted by atomic mass is 19.4. The summed E-state index contributed by atoms with van der Waals surface area (Å²) in [6.07, 6.45) is -8.47.